The Balaban J connectivity index is 1.58. The number of benzene rings is 3. The summed E-state index contributed by atoms with van der Waals surface area (Å²) in [7, 11) is 0. The minimum Gasteiger partial charge on any atom is -0.490 e. The minimum absolute atomic E-state index is 0.211. The number of hydrogen-bond donors (Lipinski definition) is 0. The van der Waals surface area contributed by atoms with Crippen molar-refractivity contribution in [2.45, 2.75) is 40.3 Å². The van der Waals surface area contributed by atoms with Gasteiger partial charge in [0.15, 0.2) is 16.3 Å². The molecule has 0 fully saturated rings. The Labute approximate surface area is 263 Å². The van der Waals surface area contributed by atoms with Gasteiger partial charge in [-0.25, -0.2) is 9.79 Å². The van der Waals surface area contributed by atoms with E-state index in [2.05, 4.69) is 4.99 Å². The van der Waals surface area contributed by atoms with Gasteiger partial charge in [-0.05, 0) is 74.7 Å². The lowest BCUT2D eigenvalue weighted by atomic mass is 9.95. The van der Waals surface area contributed by atoms with Crippen LogP contribution in [0.5, 0.6) is 11.5 Å². The van der Waals surface area contributed by atoms with Crippen molar-refractivity contribution in [2.24, 2.45) is 4.99 Å². The Kier molecular flexibility index (Phi) is 9.40. The molecular formula is C33H30Cl2N2O5S. The quantitative estimate of drug-likeness (QED) is 0.199. The summed E-state index contributed by atoms with van der Waals surface area (Å²) in [6.07, 6.45) is 1.74. The summed E-state index contributed by atoms with van der Waals surface area (Å²) >= 11 is 14.0. The SMILES string of the molecule is CCOC(=O)C1=C(C)N=c2s/c(=C\c3cc(Cl)c(OCc4cccc(Cl)c4)c(OCC)c3)c(=O)n2[C@H]1c1ccc(C)cc1. The van der Waals surface area contributed by atoms with Gasteiger partial charge >= 0.3 is 5.97 Å². The largest absolute Gasteiger partial charge is 0.490 e. The number of carbonyl (C=O) groups excluding carboxylic acids is 1. The van der Waals surface area contributed by atoms with Crippen molar-refractivity contribution >= 4 is 46.6 Å². The third kappa shape index (κ3) is 6.56. The molecule has 0 radical (unpaired) electrons. The van der Waals surface area contributed by atoms with E-state index in [1.54, 1.807) is 42.7 Å². The third-order valence-electron chi connectivity index (χ3n) is 6.81. The molecular weight excluding hydrogens is 607 g/mol. The van der Waals surface area contributed by atoms with E-state index in [-0.39, 0.29) is 18.8 Å². The molecule has 0 bridgehead atoms. The molecule has 1 aliphatic heterocycles. The minimum atomic E-state index is -0.678. The number of fused-ring (bicyclic) bond motifs is 1. The molecule has 0 spiro atoms. The van der Waals surface area contributed by atoms with Crippen molar-refractivity contribution in [3.8, 4) is 11.5 Å². The van der Waals surface area contributed by atoms with Gasteiger partial charge in [-0.15, -0.1) is 0 Å². The average molecular weight is 638 g/mol. The van der Waals surface area contributed by atoms with E-state index >= 15 is 0 Å². The molecule has 222 valence electrons. The van der Waals surface area contributed by atoms with Crippen molar-refractivity contribution < 1.29 is 19.0 Å². The van der Waals surface area contributed by atoms with Crippen molar-refractivity contribution in [2.75, 3.05) is 13.2 Å². The number of allylic oxidation sites excluding steroid dienone is 1. The first kappa shape index (κ1) is 30.6. The van der Waals surface area contributed by atoms with Gasteiger partial charge < -0.3 is 14.2 Å². The lowest BCUT2D eigenvalue weighted by Gasteiger charge is -2.24. The van der Waals surface area contributed by atoms with Gasteiger partial charge in [0.25, 0.3) is 5.56 Å². The Bertz CT molecular complexity index is 1890. The zero-order valence-corrected chi connectivity index (χ0v) is 26.5. The van der Waals surface area contributed by atoms with Crippen LogP contribution in [-0.2, 0) is 16.1 Å². The summed E-state index contributed by atoms with van der Waals surface area (Å²) in [5.74, 6) is 0.357. The predicted molar refractivity (Wildman–Crippen MR) is 170 cm³/mol. The number of carbonyl (C=O) groups is 1. The molecule has 0 saturated carbocycles. The fourth-order valence-electron chi connectivity index (χ4n) is 4.86. The normalized spacial score (nSPS) is 14.7. The average Bonchev–Trinajstić information content (AvgIpc) is 3.26. The summed E-state index contributed by atoms with van der Waals surface area (Å²) in [5.41, 5.74) is 3.97. The number of aryl methyl sites for hydroxylation is 1. The molecule has 10 heteroatoms. The lowest BCUT2D eigenvalue weighted by Crippen LogP contribution is -2.39. The number of esters is 1. The van der Waals surface area contributed by atoms with Gasteiger partial charge in [0.05, 0.1) is 40.1 Å². The summed E-state index contributed by atoms with van der Waals surface area (Å²) in [6, 6.07) is 18.0. The van der Waals surface area contributed by atoms with E-state index in [9.17, 15) is 9.59 Å². The van der Waals surface area contributed by atoms with Crippen LogP contribution in [0, 0.1) is 6.92 Å². The maximum absolute atomic E-state index is 14.0. The second-order valence-corrected chi connectivity index (χ2v) is 11.7. The molecule has 0 N–H and O–H groups in total. The van der Waals surface area contributed by atoms with Gasteiger partial charge in [-0.1, -0.05) is 76.5 Å². The first-order chi connectivity index (χ1) is 20.7. The van der Waals surface area contributed by atoms with Crippen LogP contribution in [0.2, 0.25) is 10.0 Å². The lowest BCUT2D eigenvalue weighted by molar-refractivity contribution is -0.139. The molecule has 7 nitrogen and oxygen atoms in total. The first-order valence-electron chi connectivity index (χ1n) is 13.8. The Morgan fingerprint density at radius 2 is 1.79 bits per heavy atom. The van der Waals surface area contributed by atoms with E-state index in [0.717, 1.165) is 16.7 Å². The second-order valence-electron chi connectivity index (χ2n) is 9.89. The maximum Gasteiger partial charge on any atom is 0.338 e. The summed E-state index contributed by atoms with van der Waals surface area (Å²) in [6.45, 7) is 8.22. The molecule has 0 saturated heterocycles. The highest BCUT2D eigenvalue weighted by Gasteiger charge is 2.33. The number of halogens is 2. The van der Waals surface area contributed by atoms with E-state index in [1.165, 1.54) is 11.3 Å². The molecule has 1 atom stereocenters. The number of aromatic nitrogens is 1. The highest BCUT2D eigenvalue weighted by Crippen LogP contribution is 2.38. The van der Waals surface area contributed by atoms with Gasteiger partial charge in [-0.2, -0.15) is 0 Å². The molecule has 0 amide bonds. The summed E-state index contributed by atoms with van der Waals surface area (Å²) < 4.78 is 19.3. The zero-order chi connectivity index (χ0) is 30.7. The van der Waals surface area contributed by atoms with Gasteiger partial charge in [0, 0.05) is 5.02 Å². The van der Waals surface area contributed by atoms with Crippen molar-refractivity contribution in [3.63, 3.8) is 0 Å². The van der Waals surface area contributed by atoms with Gasteiger partial charge in [0.1, 0.15) is 6.61 Å². The highest BCUT2D eigenvalue weighted by atomic mass is 35.5. The van der Waals surface area contributed by atoms with Gasteiger partial charge in [0.2, 0.25) is 0 Å². The van der Waals surface area contributed by atoms with Crippen LogP contribution in [0.15, 0.2) is 81.7 Å². The number of thiazole rings is 1. The van der Waals surface area contributed by atoms with Crippen molar-refractivity contribution in [3.05, 3.63) is 124 Å². The monoisotopic (exact) mass is 636 g/mol. The molecule has 4 aromatic rings. The van der Waals surface area contributed by atoms with E-state index in [1.807, 2.05) is 56.3 Å². The Morgan fingerprint density at radius 1 is 1.02 bits per heavy atom. The van der Waals surface area contributed by atoms with E-state index in [4.69, 9.17) is 37.4 Å². The molecule has 0 aliphatic carbocycles. The molecule has 2 heterocycles. The van der Waals surface area contributed by atoms with Crippen LogP contribution in [0.4, 0.5) is 0 Å². The maximum atomic E-state index is 14.0. The van der Waals surface area contributed by atoms with E-state index in [0.29, 0.717) is 54.3 Å². The summed E-state index contributed by atoms with van der Waals surface area (Å²) in [5, 5.41) is 0.952. The highest BCUT2D eigenvalue weighted by molar-refractivity contribution is 7.07. The van der Waals surface area contributed by atoms with Gasteiger partial charge in [-0.3, -0.25) is 9.36 Å². The summed E-state index contributed by atoms with van der Waals surface area (Å²) in [4.78, 5) is 32.2. The molecule has 0 unspecified atom stereocenters. The Hall–Kier alpha value is -3.85. The predicted octanol–water partition coefficient (Wildman–Crippen LogP) is 6.39. The third-order valence-corrected chi connectivity index (χ3v) is 8.31. The Morgan fingerprint density at radius 3 is 2.49 bits per heavy atom. The molecule has 1 aliphatic rings. The number of ether oxygens (including phenoxy) is 3. The molecule has 5 rings (SSSR count). The van der Waals surface area contributed by atoms with Crippen LogP contribution < -0.4 is 24.4 Å². The molecule has 3 aromatic carbocycles. The van der Waals surface area contributed by atoms with Crippen LogP contribution in [-0.4, -0.2) is 23.8 Å². The standard InChI is InChI=1S/C33H30Cl2N2O5S/c1-5-40-26-16-22(15-25(35)30(26)42-18-21-8-7-9-24(34)14-21)17-27-31(38)37-29(23-12-10-19(3)11-13-23)28(32(39)41-6-2)20(4)36-33(37)43-27/h7-17,29H,5-6,18H2,1-4H3/b27-17-/t29-/m0/s1. The fourth-order valence-corrected chi connectivity index (χ4v) is 6.40. The smallest absolute Gasteiger partial charge is 0.338 e. The van der Waals surface area contributed by atoms with Crippen molar-refractivity contribution in [1.82, 2.24) is 4.57 Å². The van der Waals surface area contributed by atoms with Crippen LogP contribution in [0.1, 0.15) is 49.1 Å². The van der Waals surface area contributed by atoms with Crippen LogP contribution in [0.3, 0.4) is 0 Å². The molecule has 1 aromatic heterocycles. The topological polar surface area (TPSA) is 79.1 Å². The fraction of sp³-hybridized carbons (Fsp3) is 0.242. The van der Waals surface area contributed by atoms with Crippen LogP contribution >= 0.6 is 34.5 Å². The number of nitrogens with zero attached hydrogens (tertiary/aromatic N) is 2. The zero-order valence-electron chi connectivity index (χ0n) is 24.1. The second kappa shape index (κ2) is 13.2. The van der Waals surface area contributed by atoms with E-state index < -0.39 is 12.0 Å². The first-order valence-corrected chi connectivity index (χ1v) is 15.4. The number of rotatable bonds is 9. The number of hydrogen-bond acceptors (Lipinski definition) is 7. The van der Waals surface area contributed by atoms with Crippen molar-refractivity contribution in [1.29, 1.82) is 0 Å². The molecule has 43 heavy (non-hydrogen) atoms. The van der Waals surface area contributed by atoms with Crippen LogP contribution in [0.25, 0.3) is 6.08 Å².